The Kier molecular flexibility index (Phi) is 2.62. The van der Waals surface area contributed by atoms with Gasteiger partial charge in [-0.15, -0.1) is 9.36 Å². The van der Waals surface area contributed by atoms with Gasteiger partial charge in [0.25, 0.3) is 0 Å². The minimum Gasteiger partial charge on any atom is -0.239 e. The molecule has 0 aliphatic carbocycles. The first-order valence-corrected chi connectivity index (χ1v) is 7.49. The van der Waals surface area contributed by atoms with Gasteiger partial charge in [-0.05, 0) is 49.6 Å². The molecular weight excluding hydrogens is 284 g/mol. The smallest absolute Gasteiger partial charge is 0.207 e. The van der Waals surface area contributed by atoms with Gasteiger partial charge in [-0.25, -0.2) is 9.69 Å². The molecule has 0 N–H and O–H groups in total. The standard InChI is InChI=1S/C19H15N4/c1-11-6-12(2)16-10-22-9-14-7-15(20-4)8-17(21-5)19(14)23(22)18(16)13(11)3/h6-9H,10H2,1-3H3/q+1. The Hall–Kier alpha value is -3.11. The third-order valence-corrected chi connectivity index (χ3v) is 4.78. The van der Waals surface area contributed by atoms with Gasteiger partial charge >= 0.3 is 0 Å². The number of fused-ring (bicyclic) bond motifs is 5. The molecule has 1 aliphatic rings. The summed E-state index contributed by atoms with van der Waals surface area (Å²) in [4.78, 5) is 7.17. The maximum atomic E-state index is 7.52. The molecule has 4 nitrogen and oxygen atoms in total. The second-order valence-corrected chi connectivity index (χ2v) is 6.13. The molecule has 0 radical (unpaired) electrons. The molecule has 0 unspecified atom stereocenters. The van der Waals surface area contributed by atoms with Crippen LogP contribution < -0.4 is 4.68 Å². The quantitative estimate of drug-likeness (QED) is 0.340. The zero-order valence-corrected chi connectivity index (χ0v) is 13.3. The lowest BCUT2D eigenvalue weighted by molar-refractivity contribution is -0.749. The van der Waals surface area contributed by atoms with Crippen LogP contribution in [0, 0.1) is 33.9 Å². The molecule has 4 heteroatoms. The molecule has 1 aromatic heterocycles. The fraction of sp³-hybridized carbons (Fsp3) is 0.211. The lowest BCUT2D eigenvalue weighted by Gasteiger charge is -2.09. The maximum absolute atomic E-state index is 7.52. The first kappa shape index (κ1) is 13.5. The van der Waals surface area contributed by atoms with E-state index in [0.717, 1.165) is 17.4 Å². The summed E-state index contributed by atoms with van der Waals surface area (Å²) in [6.45, 7) is 22.0. The van der Waals surface area contributed by atoms with Crippen LogP contribution in [0.25, 0.3) is 26.3 Å². The van der Waals surface area contributed by atoms with E-state index in [0.29, 0.717) is 11.4 Å². The van der Waals surface area contributed by atoms with Crippen molar-refractivity contribution in [2.24, 2.45) is 0 Å². The Labute approximate surface area is 134 Å². The summed E-state index contributed by atoms with van der Waals surface area (Å²) < 4.78 is 4.30. The molecule has 1 aliphatic heterocycles. The van der Waals surface area contributed by atoms with E-state index in [1.807, 2.05) is 12.3 Å². The number of rotatable bonds is 0. The van der Waals surface area contributed by atoms with Crippen molar-refractivity contribution in [2.75, 3.05) is 0 Å². The Morgan fingerprint density at radius 1 is 1.04 bits per heavy atom. The van der Waals surface area contributed by atoms with Crippen LogP contribution in [0.15, 0.2) is 24.4 Å². The lowest BCUT2D eigenvalue weighted by Crippen LogP contribution is -2.36. The van der Waals surface area contributed by atoms with Gasteiger partial charge in [0, 0.05) is 5.39 Å². The van der Waals surface area contributed by atoms with Crippen molar-refractivity contribution < 1.29 is 4.68 Å². The third-order valence-electron chi connectivity index (χ3n) is 4.78. The van der Waals surface area contributed by atoms with Crippen LogP contribution in [-0.2, 0) is 6.54 Å². The summed E-state index contributed by atoms with van der Waals surface area (Å²) in [5.41, 5.74) is 8.27. The van der Waals surface area contributed by atoms with Crippen molar-refractivity contribution in [1.82, 2.24) is 4.68 Å². The predicted octanol–water partition coefficient (Wildman–Crippen LogP) is 4.31. The fourth-order valence-electron chi connectivity index (χ4n) is 3.58. The Bertz CT molecular complexity index is 1090. The minimum absolute atomic E-state index is 0.519. The summed E-state index contributed by atoms with van der Waals surface area (Å²) in [6, 6.07) is 5.79. The molecule has 4 rings (SSSR count). The first-order chi connectivity index (χ1) is 11.0. The average molecular weight is 299 g/mol. The number of hydrogen-bond donors (Lipinski definition) is 0. The molecule has 0 spiro atoms. The van der Waals surface area contributed by atoms with E-state index in [9.17, 15) is 0 Å². The molecule has 2 heterocycles. The van der Waals surface area contributed by atoms with Crippen LogP contribution in [-0.4, -0.2) is 4.68 Å². The van der Waals surface area contributed by atoms with E-state index in [-0.39, 0.29) is 0 Å². The number of benzene rings is 2. The number of nitrogens with zero attached hydrogens (tertiary/aromatic N) is 4. The SMILES string of the molecule is [C-]#[N+]c1cc([N+]#[C-])c2c(c1)c[n+]1n2-c2c(C)c(C)cc(C)c2C1. The zero-order chi connectivity index (χ0) is 16.3. The highest BCUT2D eigenvalue weighted by Crippen LogP contribution is 2.37. The third kappa shape index (κ3) is 1.67. The van der Waals surface area contributed by atoms with Gasteiger partial charge < -0.3 is 0 Å². The van der Waals surface area contributed by atoms with E-state index in [1.165, 1.54) is 27.9 Å². The van der Waals surface area contributed by atoms with Crippen molar-refractivity contribution in [1.29, 1.82) is 0 Å². The number of aryl methyl sites for hydroxylation is 2. The maximum Gasteiger partial charge on any atom is 0.207 e. The molecular formula is C19H15N4+. The number of hydrogen-bond acceptors (Lipinski definition) is 0. The van der Waals surface area contributed by atoms with Crippen molar-refractivity contribution in [3.63, 3.8) is 0 Å². The topological polar surface area (TPSA) is 17.5 Å². The summed E-state index contributed by atoms with van der Waals surface area (Å²) in [6.07, 6.45) is 2.05. The van der Waals surface area contributed by atoms with Crippen LogP contribution in [0.3, 0.4) is 0 Å². The highest BCUT2D eigenvalue weighted by molar-refractivity contribution is 5.95. The highest BCUT2D eigenvalue weighted by atomic mass is 15.4. The van der Waals surface area contributed by atoms with E-state index in [4.69, 9.17) is 13.1 Å². The van der Waals surface area contributed by atoms with Gasteiger partial charge in [0.05, 0.1) is 18.7 Å². The summed E-state index contributed by atoms with van der Waals surface area (Å²) >= 11 is 0. The largest absolute Gasteiger partial charge is 0.239 e. The molecule has 0 atom stereocenters. The zero-order valence-electron chi connectivity index (χ0n) is 13.3. The molecule has 0 saturated carbocycles. The summed E-state index contributed by atoms with van der Waals surface area (Å²) in [7, 11) is 0. The van der Waals surface area contributed by atoms with Gasteiger partial charge in [-0.3, -0.25) is 0 Å². The van der Waals surface area contributed by atoms with Gasteiger partial charge in [0.2, 0.25) is 11.9 Å². The average Bonchev–Trinajstić information content (AvgIpc) is 3.07. The molecule has 0 bridgehead atoms. The minimum atomic E-state index is 0.519. The lowest BCUT2D eigenvalue weighted by atomic mass is 9.98. The van der Waals surface area contributed by atoms with Crippen LogP contribution in [0.1, 0.15) is 22.3 Å². The van der Waals surface area contributed by atoms with Crippen LogP contribution in [0.4, 0.5) is 11.4 Å². The van der Waals surface area contributed by atoms with Gasteiger partial charge in [-0.1, -0.05) is 6.07 Å². The van der Waals surface area contributed by atoms with Gasteiger partial charge in [-0.2, -0.15) is 0 Å². The van der Waals surface area contributed by atoms with Crippen LogP contribution in [0.5, 0.6) is 0 Å². The van der Waals surface area contributed by atoms with Crippen molar-refractivity contribution in [3.05, 3.63) is 69.5 Å². The van der Waals surface area contributed by atoms with Crippen molar-refractivity contribution in [2.45, 2.75) is 27.3 Å². The molecule has 0 saturated heterocycles. The van der Waals surface area contributed by atoms with E-state index in [2.05, 4.69) is 45.9 Å². The monoisotopic (exact) mass is 299 g/mol. The van der Waals surface area contributed by atoms with Crippen molar-refractivity contribution in [3.8, 4) is 5.69 Å². The van der Waals surface area contributed by atoms with Crippen LogP contribution in [0.2, 0.25) is 0 Å². The second kappa shape index (κ2) is 4.44. The molecule has 2 aromatic carbocycles. The molecule has 3 aromatic rings. The summed E-state index contributed by atoms with van der Waals surface area (Å²) in [5.74, 6) is 0. The fourth-order valence-corrected chi connectivity index (χ4v) is 3.58. The molecule has 110 valence electrons. The molecule has 0 amide bonds. The Morgan fingerprint density at radius 2 is 1.83 bits per heavy atom. The van der Waals surface area contributed by atoms with E-state index in [1.54, 1.807) is 6.07 Å². The first-order valence-electron chi connectivity index (χ1n) is 7.49. The van der Waals surface area contributed by atoms with Gasteiger partial charge in [0.15, 0.2) is 12.2 Å². The predicted molar refractivity (Wildman–Crippen MR) is 89.3 cm³/mol. The van der Waals surface area contributed by atoms with Gasteiger partial charge in [0.1, 0.15) is 11.2 Å². The second-order valence-electron chi connectivity index (χ2n) is 6.13. The summed E-state index contributed by atoms with van der Waals surface area (Å²) in [5, 5.41) is 0.953. The number of aromatic nitrogens is 2. The van der Waals surface area contributed by atoms with E-state index < -0.39 is 0 Å². The van der Waals surface area contributed by atoms with E-state index >= 15 is 0 Å². The Balaban J connectivity index is 2.18. The van der Waals surface area contributed by atoms with Crippen molar-refractivity contribution >= 4 is 22.3 Å². The Morgan fingerprint density at radius 3 is 2.52 bits per heavy atom. The normalized spacial score (nSPS) is 11.9. The highest BCUT2D eigenvalue weighted by Gasteiger charge is 2.32. The van der Waals surface area contributed by atoms with Crippen LogP contribution >= 0.6 is 0 Å². The molecule has 23 heavy (non-hydrogen) atoms. The molecule has 0 fully saturated rings.